The summed E-state index contributed by atoms with van der Waals surface area (Å²) < 4.78 is 0. The topological polar surface area (TPSA) is 43.1 Å². The third-order valence-corrected chi connectivity index (χ3v) is 3.21. The summed E-state index contributed by atoms with van der Waals surface area (Å²) in [6.07, 6.45) is 1.40. The summed E-state index contributed by atoms with van der Waals surface area (Å²) in [6, 6.07) is 15.4. The molecule has 0 saturated heterocycles. The molecule has 0 radical (unpaired) electrons. The van der Waals surface area contributed by atoms with Crippen LogP contribution in [0.15, 0.2) is 48.5 Å². The quantitative estimate of drug-likeness (QED) is 0.659. The zero-order valence-corrected chi connectivity index (χ0v) is 12.1. The predicted molar refractivity (Wildman–Crippen MR) is 83.9 cm³/mol. The second kappa shape index (κ2) is 6.38. The second-order valence-corrected chi connectivity index (χ2v) is 5.64. The van der Waals surface area contributed by atoms with Gasteiger partial charge in [0.1, 0.15) is 0 Å². The minimum absolute atomic E-state index is 0.140. The van der Waals surface area contributed by atoms with Gasteiger partial charge in [0.15, 0.2) is 5.78 Å². The Balaban J connectivity index is 2.13. The van der Waals surface area contributed by atoms with Crippen molar-refractivity contribution in [2.75, 3.05) is 5.73 Å². The first kappa shape index (κ1) is 14.3. The minimum atomic E-state index is 0.140. The lowest BCUT2D eigenvalue weighted by atomic mass is 9.97. The number of carbonyl (C=O) groups excluding carboxylic acids is 1. The van der Waals surface area contributed by atoms with Gasteiger partial charge in [0, 0.05) is 17.7 Å². The highest BCUT2D eigenvalue weighted by molar-refractivity contribution is 5.97. The van der Waals surface area contributed by atoms with Crippen molar-refractivity contribution in [3.8, 4) is 0 Å². The zero-order chi connectivity index (χ0) is 14.5. The van der Waals surface area contributed by atoms with E-state index in [-0.39, 0.29) is 5.78 Å². The molecule has 0 aliphatic carbocycles. The molecular formula is C18H21NO. The summed E-state index contributed by atoms with van der Waals surface area (Å²) in [7, 11) is 0. The molecule has 0 heterocycles. The molecule has 0 aromatic heterocycles. The molecule has 0 fully saturated rings. The number of anilines is 1. The maximum Gasteiger partial charge on any atom is 0.167 e. The molecule has 2 aromatic rings. The minimum Gasteiger partial charge on any atom is -0.399 e. The molecule has 0 unspecified atom stereocenters. The van der Waals surface area contributed by atoms with Crippen LogP contribution in [0.25, 0.3) is 0 Å². The van der Waals surface area contributed by atoms with Gasteiger partial charge in [0.2, 0.25) is 0 Å². The first-order valence-corrected chi connectivity index (χ1v) is 7.01. The Morgan fingerprint density at radius 3 is 2.45 bits per heavy atom. The Kier molecular flexibility index (Phi) is 4.57. The van der Waals surface area contributed by atoms with Crippen molar-refractivity contribution in [2.24, 2.45) is 5.92 Å². The van der Waals surface area contributed by atoms with Crippen LogP contribution in [0.1, 0.15) is 35.3 Å². The number of carbonyl (C=O) groups is 1. The SMILES string of the molecule is CC(C)Cc1cccc(C(=O)Cc2cccc(N)c2)c1. The average molecular weight is 267 g/mol. The number of hydrogen-bond acceptors (Lipinski definition) is 2. The van der Waals surface area contributed by atoms with E-state index in [0.717, 1.165) is 17.5 Å². The van der Waals surface area contributed by atoms with Crippen LogP contribution in [-0.4, -0.2) is 5.78 Å². The van der Waals surface area contributed by atoms with E-state index in [1.807, 2.05) is 42.5 Å². The molecule has 20 heavy (non-hydrogen) atoms. The van der Waals surface area contributed by atoms with Crippen LogP contribution in [0.3, 0.4) is 0 Å². The summed E-state index contributed by atoms with van der Waals surface area (Å²) in [5, 5.41) is 0. The van der Waals surface area contributed by atoms with Gasteiger partial charge in [-0.15, -0.1) is 0 Å². The monoisotopic (exact) mass is 267 g/mol. The molecule has 0 saturated carbocycles. The van der Waals surface area contributed by atoms with Gasteiger partial charge in [-0.05, 0) is 41.7 Å². The summed E-state index contributed by atoms with van der Waals surface area (Å²) in [4.78, 5) is 12.3. The fraction of sp³-hybridized carbons (Fsp3) is 0.278. The van der Waals surface area contributed by atoms with Gasteiger partial charge < -0.3 is 5.73 Å². The van der Waals surface area contributed by atoms with Gasteiger partial charge in [0.05, 0.1) is 0 Å². The Morgan fingerprint density at radius 2 is 1.75 bits per heavy atom. The van der Waals surface area contributed by atoms with Crippen LogP contribution in [0.5, 0.6) is 0 Å². The van der Waals surface area contributed by atoms with E-state index >= 15 is 0 Å². The molecule has 0 aliphatic rings. The maximum absolute atomic E-state index is 12.3. The van der Waals surface area contributed by atoms with Crippen molar-refractivity contribution >= 4 is 11.5 Å². The van der Waals surface area contributed by atoms with Gasteiger partial charge in [-0.2, -0.15) is 0 Å². The van der Waals surface area contributed by atoms with Crippen LogP contribution in [0, 0.1) is 5.92 Å². The highest BCUT2D eigenvalue weighted by atomic mass is 16.1. The van der Waals surface area contributed by atoms with Crippen LogP contribution >= 0.6 is 0 Å². The number of rotatable bonds is 5. The molecular weight excluding hydrogens is 246 g/mol. The Labute approximate surface area is 120 Å². The molecule has 0 atom stereocenters. The average Bonchev–Trinajstić information content (AvgIpc) is 2.38. The normalized spacial score (nSPS) is 10.8. The van der Waals surface area contributed by atoms with Crippen molar-refractivity contribution in [1.29, 1.82) is 0 Å². The van der Waals surface area contributed by atoms with Gasteiger partial charge in [-0.1, -0.05) is 44.2 Å². The van der Waals surface area contributed by atoms with E-state index in [9.17, 15) is 4.79 Å². The highest BCUT2D eigenvalue weighted by Gasteiger charge is 2.08. The fourth-order valence-electron chi connectivity index (χ4n) is 2.33. The molecule has 0 amide bonds. The van der Waals surface area contributed by atoms with E-state index in [1.165, 1.54) is 5.56 Å². The number of nitrogens with two attached hydrogens (primary N) is 1. The lowest BCUT2D eigenvalue weighted by molar-refractivity contribution is 0.0993. The Bertz CT molecular complexity index is 602. The lowest BCUT2D eigenvalue weighted by Crippen LogP contribution is -2.05. The zero-order valence-electron chi connectivity index (χ0n) is 12.1. The molecule has 0 aliphatic heterocycles. The fourth-order valence-corrected chi connectivity index (χ4v) is 2.33. The van der Waals surface area contributed by atoms with Crippen molar-refractivity contribution in [3.05, 3.63) is 65.2 Å². The molecule has 2 N–H and O–H groups in total. The number of benzene rings is 2. The molecule has 2 aromatic carbocycles. The summed E-state index contributed by atoms with van der Waals surface area (Å²) >= 11 is 0. The Morgan fingerprint density at radius 1 is 1.05 bits per heavy atom. The van der Waals surface area contributed by atoms with Crippen LogP contribution in [0.2, 0.25) is 0 Å². The second-order valence-electron chi connectivity index (χ2n) is 5.64. The van der Waals surface area contributed by atoms with Gasteiger partial charge in [-0.25, -0.2) is 0 Å². The predicted octanol–water partition coefficient (Wildman–Crippen LogP) is 3.89. The summed E-state index contributed by atoms with van der Waals surface area (Å²) in [5.74, 6) is 0.732. The van der Waals surface area contributed by atoms with Gasteiger partial charge in [-0.3, -0.25) is 4.79 Å². The largest absolute Gasteiger partial charge is 0.399 e. The Hall–Kier alpha value is -2.09. The van der Waals surface area contributed by atoms with Crippen LogP contribution < -0.4 is 5.73 Å². The number of Topliss-reactive ketones (excluding diaryl/α,β-unsaturated/α-hetero) is 1. The molecule has 0 spiro atoms. The van der Waals surface area contributed by atoms with Crippen LogP contribution in [0.4, 0.5) is 5.69 Å². The van der Waals surface area contributed by atoms with E-state index in [1.54, 1.807) is 0 Å². The summed E-state index contributed by atoms with van der Waals surface area (Å²) in [5.41, 5.74) is 9.40. The van der Waals surface area contributed by atoms with Crippen molar-refractivity contribution in [2.45, 2.75) is 26.7 Å². The molecule has 2 nitrogen and oxygen atoms in total. The molecule has 2 heteroatoms. The third kappa shape index (κ3) is 3.95. The van der Waals surface area contributed by atoms with Crippen molar-refractivity contribution < 1.29 is 4.79 Å². The first-order valence-electron chi connectivity index (χ1n) is 7.01. The number of hydrogen-bond donors (Lipinski definition) is 1. The van der Waals surface area contributed by atoms with Gasteiger partial charge in [0.25, 0.3) is 0 Å². The smallest absolute Gasteiger partial charge is 0.167 e. The van der Waals surface area contributed by atoms with E-state index in [2.05, 4.69) is 19.9 Å². The van der Waals surface area contributed by atoms with E-state index in [4.69, 9.17) is 5.73 Å². The highest BCUT2D eigenvalue weighted by Crippen LogP contribution is 2.14. The maximum atomic E-state index is 12.3. The molecule has 104 valence electrons. The lowest BCUT2D eigenvalue weighted by Gasteiger charge is -2.07. The standard InChI is InChI=1S/C18H21NO/c1-13(2)9-14-5-3-7-16(10-14)18(20)12-15-6-4-8-17(19)11-15/h3-8,10-11,13H,9,12,19H2,1-2H3. The van der Waals surface area contributed by atoms with Crippen LogP contribution in [-0.2, 0) is 12.8 Å². The van der Waals surface area contributed by atoms with Gasteiger partial charge >= 0.3 is 0 Å². The van der Waals surface area contributed by atoms with E-state index in [0.29, 0.717) is 18.0 Å². The summed E-state index contributed by atoms with van der Waals surface area (Å²) in [6.45, 7) is 4.36. The van der Waals surface area contributed by atoms with E-state index < -0.39 is 0 Å². The van der Waals surface area contributed by atoms with Crippen molar-refractivity contribution in [3.63, 3.8) is 0 Å². The van der Waals surface area contributed by atoms with Crippen molar-refractivity contribution in [1.82, 2.24) is 0 Å². The number of nitrogen functional groups attached to an aromatic ring is 1. The third-order valence-electron chi connectivity index (χ3n) is 3.21. The first-order chi connectivity index (χ1) is 9.54. The molecule has 2 rings (SSSR count). The molecule has 0 bridgehead atoms. The number of ketones is 1.